The van der Waals surface area contributed by atoms with E-state index in [1.165, 1.54) is 0 Å². The van der Waals surface area contributed by atoms with Crippen molar-refractivity contribution in [3.63, 3.8) is 0 Å². The van der Waals surface area contributed by atoms with Crippen LogP contribution in [0.25, 0.3) is 0 Å². The number of carbonyl (C=O) groups is 1. The minimum absolute atomic E-state index is 0.0877. The number of hydrogen-bond donors (Lipinski definition) is 1. The Morgan fingerprint density at radius 3 is 2.19 bits per heavy atom. The Kier molecular flexibility index (Phi) is 3.52. The van der Waals surface area contributed by atoms with Gasteiger partial charge < -0.3 is 10.6 Å². The molecule has 1 heterocycles. The number of piperidine rings is 1. The van der Waals surface area contributed by atoms with Gasteiger partial charge in [-0.1, -0.05) is 49.5 Å². The van der Waals surface area contributed by atoms with E-state index in [1.54, 1.807) is 0 Å². The molecule has 1 aliphatic carbocycles. The summed E-state index contributed by atoms with van der Waals surface area (Å²) in [6.45, 7) is 3.64. The average molecular weight is 302 g/mol. The van der Waals surface area contributed by atoms with Crippen molar-refractivity contribution < 1.29 is 4.79 Å². The number of likely N-dealkylation sites (tertiary alicyclic amines) is 1. The van der Waals surface area contributed by atoms with E-state index in [9.17, 15) is 4.79 Å². The molecule has 112 valence electrons. The number of amides is 1. The highest BCUT2D eigenvalue weighted by Crippen LogP contribution is 2.50. The van der Waals surface area contributed by atoms with Crippen LogP contribution in [0.2, 0.25) is 0 Å². The summed E-state index contributed by atoms with van der Waals surface area (Å²) in [7, 11) is 0. The Balaban J connectivity index is 1.72. The highest BCUT2D eigenvalue weighted by Gasteiger charge is 2.53. The maximum atomic E-state index is 12.9. The minimum Gasteiger partial charge on any atom is -0.393 e. The molecule has 21 heavy (non-hydrogen) atoms. The third-order valence-electron chi connectivity index (χ3n) is 5.23. The van der Waals surface area contributed by atoms with E-state index in [4.69, 9.17) is 18.0 Å². The fourth-order valence-corrected chi connectivity index (χ4v) is 3.46. The van der Waals surface area contributed by atoms with Gasteiger partial charge in [0, 0.05) is 18.5 Å². The predicted molar refractivity (Wildman–Crippen MR) is 88.1 cm³/mol. The molecule has 0 bridgehead atoms. The second-order valence-electron chi connectivity index (χ2n) is 6.67. The van der Waals surface area contributed by atoms with Gasteiger partial charge in [0.15, 0.2) is 0 Å². The molecule has 0 radical (unpaired) electrons. The molecule has 1 amide bonds. The summed E-state index contributed by atoms with van der Waals surface area (Å²) >= 11 is 5.17. The van der Waals surface area contributed by atoms with Gasteiger partial charge in [0.25, 0.3) is 0 Å². The van der Waals surface area contributed by atoms with Gasteiger partial charge in [-0.3, -0.25) is 4.79 Å². The van der Waals surface area contributed by atoms with Crippen LogP contribution in [-0.2, 0) is 10.2 Å². The molecule has 2 aliphatic rings. The van der Waals surface area contributed by atoms with E-state index in [0.717, 1.165) is 44.3 Å². The van der Waals surface area contributed by atoms with Crippen molar-refractivity contribution in [1.82, 2.24) is 4.90 Å². The molecule has 0 atom stereocenters. The van der Waals surface area contributed by atoms with Crippen LogP contribution in [-0.4, -0.2) is 28.9 Å². The second-order valence-corrected chi connectivity index (χ2v) is 7.11. The van der Waals surface area contributed by atoms with Gasteiger partial charge in [-0.2, -0.15) is 0 Å². The monoisotopic (exact) mass is 302 g/mol. The number of nitrogens with zero attached hydrogens (tertiary/aromatic N) is 1. The third kappa shape index (κ3) is 2.46. The van der Waals surface area contributed by atoms with Crippen molar-refractivity contribution in [3.05, 3.63) is 35.9 Å². The number of nitrogens with two attached hydrogens (primary N) is 1. The lowest BCUT2D eigenvalue weighted by atomic mass is 9.80. The smallest absolute Gasteiger partial charge is 0.233 e. The largest absolute Gasteiger partial charge is 0.393 e. The van der Waals surface area contributed by atoms with Crippen LogP contribution in [0.1, 0.15) is 38.2 Å². The zero-order valence-electron chi connectivity index (χ0n) is 12.5. The van der Waals surface area contributed by atoms with Crippen molar-refractivity contribution in [1.29, 1.82) is 0 Å². The van der Waals surface area contributed by atoms with Gasteiger partial charge in [-0.25, -0.2) is 0 Å². The maximum absolute atomic E-state index is 12.9. The molecule has 3 rings (SSSR count). The molecule has 2 fully saturated rings. The zero-order valence-corrected chi connectivity index (χ0v) is 13.3. The molecule has 1 aliphatic heterocycles. The SMILES string of the molecule is CC1(C(N)=S)CCN(C(=O)C2(c3ccccc3)CC2)CC1. The van der Waals surface area contributed by atoms with E-state index < -0.39 is 0 Å². The first-order valence-corrected chi connectivity index (χ1v) is 8.04. The zero-order chi connectivity index (χ0) is 15.1. The summed E-state index contributed by atoms with van der Waals surface area (Å²) < 4.78 is 0. The molecular weight excluding hydrogens is 280 g/mol. The molecule has 1 aromatic rings. The van der Waals surface area contributed by atoms with Crippen LogP contribution in [0.3, 0.4) is 0 Å². The normalized spacial score (nSPS) is 22.6. The Bertz CT molecular complexity index is 557. The molecule has 4 heteroatoms. The van der Waals surface area contributed by atoms with Crippen molar-refractivity contribution in [3.8, 4) is 0 Å². The fourth-order valence-electron chi connectivity index (χ4n) is 3.26. The van der Waals surface area contributed by atoms with Crippen molar-refractivity contribution in [2.24, 2.45) is 11.1 Å². The number of thiocarbonyl (C=S) groups is 1. The van der Waals surface area contributed by atoms with Gasteiger partial charge in [-0.05, 0) is 31.2 Å². The summed E-state index contributed by atoms with van der Waals surface area (Å²) in [6.07, 6.45) is 3.69. The van der Waals surface area contributed by atoms with Crippen LogP contribution >= 0.6 is 12.2 Å². The first-order chi connectivity index (χ1) is 9.98. The van der Waals surface area contributed by atoms with Gasteiger partial charge in [0.2, 0.25) is 5.91 Å². The van der Waals surface area contributed by atoms with E-state index in [0.29, 0.717) is 10.9 Å². The number of carbonyl (C=O) groups excluding carboxylic acids is 1. The summed E-state index contributed by atoms with van der Waals surface area (Å²) in [5.74, 6) is 0.290. The van der Waals surface area contributed by atoms with Crippen LogP contribution in [0.4, 0.5) is 0 Å². The molecular formula is C17H22N2OS. The molecule has 2 N–H and O–H groups in total. The van der Waals surface area contributed by atoms with Crippen LogP contribution < -0.4 is 5.73 Å². The van der Waals surface area contributed by atoms with Crippen LogP contribution in [0.5, 0.6) is 0 Å². The van der Waals surface area contributed by atoms with Crippen LogP contribution in [0, 0.1) is 5.41 Å². The number of benzene rings is 1. The van der Waals surface area contributed by atoms with Gasteiger partial charge in [0.1, 0.15) is 0 Å². The number of hydrogen-bond acceptors (Lipinski definition) is 2. The second kappa shape index (κ2) is 5.09. The highest BCUT2D eigenvalue weighted by molar-refractivity contribution is 7.80. The van der Waals surface area contributed by atoms with E-state index in [2.05, 4.69) is 19.1 Å². The molecule has 1 saturated carbocycles. The Labute approximate surface area is 131 Å². The number of rotatable bonds is 3. The highest BCUT2D eigenvalue weighted by atomic mass is 32.1. The molecule has 1 saturated heterocycles. The van der Waals surface area contributed by atoms with Crippen molar-refractivity contribution in [2.45, 2.75) is 38.0 Å². The first-order valence-electron chi connectivity index (χ1n) is 7.63. The molecule has 3 nitrogen and oxygen atoms in total. The molecule has 0 spiro atoms. The molecule has 1 aromatic carbocycles. The molecule has 0 aromatic heterocycles. The minimum atomic E-state index is -0.252. The summed E-state index contributed by atoms with van der Waals surface area (Å²) in [6, 6.07) is 10.2. The van der Waals surface area contributed by atoms with E-state index in [-0.39, 0.29) is 10.8 Å². The average Bonchev–Trinajstić information content (AvgIpc) is 3.30. The fraction of sp³-hybridized carbons (Fsp3) is 0.529. The topological polar surface area (TPSA) is 46.3 Å². The lowest BCUT2D eigenvalue weighted by Gasteiger charge is -2.40. The standard InChI is InChI=1S/C17H22N2OS/c1-16(14(18)21)9-11-19(12-10-16)15(20)17(7-8-17)13-5-3-2-4-6-13/h2-6H,7-12H2,1H3,(H2,18,21). The van der Waals surface area contributed by atoms with Gasteiger partial charge in [-0.15, -0.1) is 0 Å². The quantitative estimate of drug-likeness (QED) is 0.873. The molecule has 0 unspecified atom stereocenters. The van der Waals surface area contributed by atoms with E-state index in [1.807, 2.05) is 23.1 Å². The Morgan fingerprint density at radius 1 is 1.14 bits per heavy atom. The van der Waals surface area contributed by atoms with Gasteiger partial charge in [0.05, 0.1) is 10.4 Å². The third-order valence-corrected chi connectivity index (χ3v) is 5.73. The summed E-state index contributed by atoms with van der Waals surface area (Å²) in [5.41, 5.74) is 6.67. The Hall–Kier alpha value is -1.42. The van der Waals surface area contributed by atoms with E-state index >= 15 is 0 Å². The lowest BCUT2D eigenvalue weighted by molar-refractivity contribution is -0.135. The lowest BCUT2D eigenvalue weighted by Crippen LogP contribution is -2.49. The summed E-state index contributed by atoms with van der Waals surface area (Å²) in [4.78, 5) is 15.5. The Morgan fingerprint density at radius 2 is 1.71 bits per heavy atom. The van der Waals surface area contributed by atoms with Gasteiger partial charge >= 0.3 is 0 Å². The first kappa shape index (κ1) is 14.5. The van der Waals surface area contributed by atoms with Crippen molar-refractivity contribution in [2.75, 3.05) is 13.1 Å². The van der Waals surface area contributed by atoms with Crippen molar-refractivity contribution >= 4 is 23.1 Å². The van der Waals surface area contributed by atoms with Crippen LogP contribution in [0.15, 0.2) is 30.3 Å². The maximum Gasteiger partial charge on any atom is 0.233 e. The predicted octanol–water partition coefficient (Wildman–Crippen LogP) is 2.63. The summed E-state index contributed by atoms with van der Waals surface area (Å²) in [5, 5.41) is 0.